The molecule has 0 radical (unpaired) electrons. The van der Waals surface area contributed by atoms with Gasteiger partial charge in [-0.2, -0.15) is 0 Å². The standard InChI is InChI=1S/C15H22N2O4/c1-20-11-7-10(8-12(9-11)21-2)16-15(19)17-13-5-3-4-6-14(13)18/h7-9,13-14,18H,3-6H2,1-2H3,(H2,16,17,19). The van der Waals surface area contributed by atoms with Gasteiger partial charge >= 0.3 is 6.03 Å². The van der Waals surface area contributed by atoms with E-state index in [-0.39, 0.29) is 12.1 Å². The maximum Gasteiger partial charge on any atom is 0.319 e. The number of carbonyl (C=O) groups is 1. The number of urea groups is 1. The minimum Gasteiger partial charge on any atom is -0.497 e. The summed E-state index contributed by atoms with van der Waals surface area (Å²) in [4.78, 5) is 12.0. The Morgan fingerprint density at radius 1 is 1.14 bits per heavy atom. The molecule has 2 unspecified atom stereocenters. The summed E-state index contributed by atoms with van der Waals surface area (Å²) in [6.07, 6.45) is 3.10. The topological polar surface area (TPSA) is 79.8 Å². The number of hydrogen-bond acceptors (Lipinski definition) is 4. The Balaban J connectivity index is 1.98. The third kappa shape index (κ3) is 4.26. The number of nitrogens with one attached hydrogen (secondary N) is 2. The van der Waals surface area contributed by atoms with Crippen LogP contribution in [0.4, 0.5) is 10.5 Å². The van der Waals surface area contributed by atoms with E-state index in [1.54, 1.807) is 32.4 Å². The second kappa shape index (κ2) is 7.17. The maximum absolute atomic E-state index is 12.0. The number of aliphatic hydroxyl groups is 1. The number of rotatable bonds is 4. The van der Waals surface area contributed by atoms with Crippen LogP contribution in [0, 0.1) is 0 Å². The number of hydrogen-bond donors (Lipinski definition) is 3. The van der Waals surface area contributed by atoms with Crippen molar-refractivity contribution in [3.05, 3.63) is 18.2 Å². The monoisotopic (exact) mass is 294 g/mol. The Kier molecular flexibility index (Phi) is 5.27. The Labute approximate surface area is 124 Å². The first-order valence-corrected chi connectivity index (χ1v) is 7.11. The quantitative estimate of drug-likeness (QED) is 0.794. The van der Waals surface area contributed by atoms with Gasteiger partial charge in [0, 0.05) is 23.9 Å². The third-order valence-electron chi connectivity index (χ3n) is 3.66. The lowest BCUT2D eigenvalue weighted by molar-refractivity contribution is 0.0955. The van der Waals surface area contributed by atoms with Crippen molar-refractivity contribution in [2.45, 2.75) is 37.8 Å². The van der Waals surface area contributed by atoms with Crippen molar-refractivity contribution < 1.29 is 19.4 Å². The number of amides is 2. The summed E-state index contributed by atoms with van der Waals surface area (Å²) in [5, 5.41) is 15.4. The predicted molar refractivity (Wildman–Crippen MR) is 80.0 cm³/mol. The molecule has 0 aromatic heterocycles. The van der Waals surface area contributed by atoms with Gasteiger partial charge in [0.25, 0.3) is 0 Å². The van der Waals surface area contributed by atoms with Crippen LogP contribution in [-0.2, 0) is 0 Å². The summed E-state index contributed by atoms with van der Waals surface area (Å²) in [5.74, 6) is 1.20. The fraction of sp³-hybridized carbons (Fsp3) is 0.533. The maximum atomic E-state index is 12.0. The molecule has 2 amide bonds. The minimum atomic E-state index is -0.468. The summed E-state index contributed by atoms with van der Waals surface area (Å²) in [6, 6.07) is 4.62. The fourth-order valence-corrected chi connectivity index (χ4v) is 2.49. The number of carbonyl (C=O) groups excluding carboxylic acids is 1. The summed E-state index contributed by atoms with van der Waals surface area (Å²) >= 11 is 0. The zero-order valence-corrected chi connectivity index (χ0v) is 12.4. The molecule has 1 aromatic carbocycles. The zero-order valence-electron chi connectivity index (χ0n) is 12.4. The van der Waals surface area contributed by atoms with Gasteiger partial charge < -0.3 is 25.2 Å². The Morgan fingerprint density at radius 2 is 1.76 bits per heavy atom. The molecule has 1 fully saturated rings. The van der Waals surface area contributed by atoms with Crippen molar-refractivity contribution in [3.63, 3.8) is 0 Å². The van der Waals surface area contributed by atoms with Crippen LogP contribution in [0.3, 0.4) is 0 Å². The van der Waals surface area contributed by atoms with Gasteiger partial charge in [0.15, 0.2) is 0 Å². The molecule has 0 spiro atoms. The van der Waals surface area contributed by atoms with Gasteiger partial charge in [0.05, 0.1) is 26.4 Å². The molecule has 116 valence electrons. The van der Waals surface area contributed by atoms with Crippen molar-refractivity contribution in [1.29, 1.82) is 0 Å². The normalized spacial score (nSPS) is 21.5. The van der Waals surface area contributed by atoms with E-state index in [2.05, 4.69) is 10.6 Å². The molecule has 0 bridgehead atoms. The second-order valence-electron chi connectivity index (χ2n) is 5.16. The lowest BCUT2D eigenvalue weighted by Crippen LogP contribution is -2.46. The Morgan fingerprint density at radius 3 is 2.33 bits per heavy atom. The van der Waals surface area contributed by atoms with Crippen LogP contribution in [0.15, 0.2) is 18.2 Å². The highest BCUT2D eigenvalue weighted by molar-refractivity contribution is 5.90. The van der Waals surface area contributed by atoms with Crippen molar-refractivity contribution in [3.8, 4) is 11.5 Å². The second-order valence-corrected chi connectivity index (χ2v) is 5.16. The van der Waals surface area contributed by atoms with Gasteiger partial charge in [-0.05, 0) is 12.8 Å². The number of aliphatic hydroxyl groups excluding tert-OH is 1. The first-order valence-electron chi connectivity index (χ1n) is 7.11. The summed E-state index contributed by atoms with van der Waals surface area (Å²) in [6.45, 7) is 0. The zero-order chi connectivity index (χ0) is 15.2. The highest BCUT2D eigenvalue weighted by Crippen LogP contribution is 2.26. The van der Waals surface area contributed by atoms with E-state index in [9.17, 15) is 9.90 Å². The molecule has 1 aliphatic carbocycles. The highest BCUT2D eigenvalue weighted by atomic mass is 16.5. The first kappa shape index (κ1) is 15.4. The van der Waals surface area contributed by atoms with Crippen LogP contribution in [0.5, 0.6) is 11.5 Å². The molecule has 6 nitrogen and oxygen atoms in total. The highest BCUT2D eigenvalue weighted by Gasteiger charge is 2.24. The number of methoxy groups -OCH3 is 2. The number of benzene rings is 1. The summed E-state index contributed by atoms with van der Waals surface area (Å²) in [7, 11) is 3.11. The van der Waals surface area contributed by atoms with E-state index < -0.39 is 6.10 Å². The molecular weight excluding hydrogens is 272 g/mol. The first-order chi connectivity index (χ1) is 10.1. The van der Waals surface area contributed by atoms with Crippen LogP contribution in [0.2, 0.25) is 0 Å². The minimum absolute atomic E-state index is 0.189. The number of ether oxygens (including phenoxy) is 2. The molecule has 1 aromatic rings. The smallest absolute Gasteiger partial charge is 0.319 e. The molecule has 1 saturated carbocycles. The molecule has 0 heterocycles. The summed E-state index contributed by atoms with van der Waals surface area (Å²) in [5.41, 5.74) is 0.578. The third-order valence-corrected chi connectivity index (χ3v) is 3.66. The van der Waals surface area contributed by atoms with Crippen LogP contribution < -0.4 is 20.1 Å². The van der Waals surface area contributed by atoms with E-state index >= 15 is 0 Å². The van der Waals surface area contributed by atoms with Gasteiger partial charge in [0.2, 0.25) is 0 Å². The molecule has 0 saturated heterocycles. The average molecular weight is 294 g/mol. The Hall–Kier alpha value is -1.95. The SMILES string of the molecule is COc1cc(NC(=O)NC2CCCCC2O)cc(OC)c1. The number of anilines is 1. The average Bonchev–Trinajstić information content (AvgIpc) is 2.49. The molecule has 2 atom stereocenters. The van der Waals surface area contributed by atoms with Crippen molar-refractivity contribution >= 4 is 11.7 Å². The van der Waals surface area contributed by atoms with Gasteiger partial charge in [-0.15, -0.1) is 0 Å². The van der Waals surface area contributed by atoms with Gasteiger partial charge in [-0.1, -0.05) is 12.8 Å². The molecular formula is C15H22N2O4. The summed E-state index contributed by atoms with van der Waals surface area (Å²) < 4.78 is 10.3. The molecule has 6 heteroatoms. The fourth-order valence-electron chi connectivity index (χ4n) is 2.49. The van der Waals surface area contributed by atoms with Crippen LogP contribution >= 0.6 is 0 Å². The molecule has 21 heavy (non-hydrogen) atoms. The van der Waals surface area contributed by atoms with Crippen LogP contribution in [-0.4, -0.2) is 37.5 Å². The van der Waals surface area contributed by atoms with Gasteiger partial charge in [-0.3, -0.25) is 0 Å². The molecule has 2 rings (SSSR count). The Bertz CT molecular complexity index is 470. The van der Waals surface area contributed by atoms with Crippen molar-refractivity contribution in [1.82, 2.24) is 5.32 Å². The van der Waals surface area contributed by atoms with E-state index in [4.69, 9.17) is 9.47 Å². The van der Waals surface area contributed by atoms with Gasteiger partial charge in [-0.25, -0.2) is 4.79 Å². The van der Waals surface area contributed by atoms with Gasteiger partial charge in [0.1, 0.15) is 11.5 Å². The van der Waals surface area contributed by atoms with Crippen molar-refractivity contribution in [2.75, 3.05) is 19.5 Å². The van der Waals surface area contributed by atoms with E-state index in [1.165, 1.54) is 0 Å². The lowest BCUT2D eigenvalue weighted by Gasteiger charge is -2.28. The largest absolute Gasteiger partial charge is 0.497 e. The van der Waals surface area contributed by atoms with Crippen LogP contribution in [0.1, 0.15) is 25.7 Å². The van der Waals surface area contributed by atoms with Crippen LogP contribution in [0.25, 0.3) is 0 Å². The van der Waals surface area contributed by atoms with Crippen molar-refractivity contribution in [2.24, 2.45) is 0 Å². The van der Waals surface area contributed by atoms with E-state index in [0.717, 1.165) is 25.7 Å². The van der Waals surface area contributed by atoms with E-state index in [0.29, 0.717) is 17.2 Å². The molecule has 1 aliphatic rings. The van der Waals surface area contributed by atoms with E-state index in [1.807, 2.05) is 0 Å². The molecule has 0 aliphatic heterocycles. The predicted octanol–water partition coefficient (Wildman–Crippen LogP) is 2.13. The molecule has 3 N–H and O–H groups in total. The lowest BCUT2D eigenvalue weighted by atomic mass is 9.93.